The molecule has 0 aliphatic heterocycles. The molecule has 2 aromatic rings. The Kier molecular flexibility index (Phi) is 3.59. The van der Waals surface area contributed by atoms with E-state index in [9.17, 15) is 13.2 Å². The SMILES string of the molecule is CC(Cl)c1nnc(-c2ccccc2C(F)(F)F)s1. The zero-order valence-electron chi connectivity index (χ0n) is 9.20. The van der Waals surface area contributed by atoms with Crippen molar-refractivity contribution < 1.29 is 13.2 Å². The highest BCUT2D eigenvalue weighted by atomic mass is 35.5. The molecule has 1 unspecified atom stereocenters. The Bertz CT molecular complexity index is 551. The van der Waals surface area contributed by atoms with Crippen molar-refractivity contribution in [1.29, 1.82) is 0 Å². The Labute approximate surface area is 110 Å². The Morgan fingerprint density at radius 3 is 2.44 bits per heavy atom. The third-order valence-electron chi connectivity index (χ3n) is 2.24. The molecule has 1 heterocycles. The molecule has 0 fully saturated rings. The fraction of sp³-hybridized carbons (Fsp3) is 0.273. The molecule has 0 saturated heterocycles. The summed E-state index contributed by atoms with van der Waals surface area (Å²) in [6, 6.07) is 5.29. The fourth-order valence-corrected chi connectivity index (χ4v) is 2.41. The Hall–Kier alpha value is -1.14. The maximum Gasteiger partial charge on any atom is 0.417 e. The normalized spacial score (nSPS) is 13.6. The van der Waals surface area contributed by atoms with Crippen molar-refractivity contribution in [3.8, 4) is 10.6 Å². The van der Waals surface area contributed by atoms with Gasteiger partial charge in [-0.3, -0.25) is 0 Å². The third-order valence-corrected chi connectivity index (χ3v) is 3.72. The zero-order chi connectivity index (χ0) is 13.3. The molecule has 1 aromatic carbocycles. The number of nitrogens with zero attached hydrogens (tertiary/aromatic N) is 2. The van der Waals surface area contributed by atoms with Gasteiger partial charge in [0.15, 0.2) is 0 Å². The molecule has 0 amide bonds. The van der Waals surface area contributed by atoms with E-state index in [0.717, 1.165) is 17.4 Å². The Morgan fingerprint density at radius 2 is 1.89 bits per heavy atom. The molecule has 0 aliphatic carbocycles. The van der Waals surface area contributed by atoms with Crippen LogP contribution in [0.1, 0.15) is 22.9 Å². The predicted octanol–water partition coefficient (Wildman–Crippen LogP) is 4.52. The van der Waals surface area contributed by atoms with Crippen LogP contribution in [0.25, 0.3) is 10.6 Å². The lowest BCUT2D eigenvalue weighted by Crippen LogP contribution is -2.06. The standard InChI is InChI=1S/C11H8ClF3N2S/c1-6(12)9-16-17-10(18-9)7-4-2-3-5-8(7)11(13,14)15/h2-6H,1H3. The van der Waals surface area contributed by atoms with Gasteiger partial charge in [-0.15, -0.1) is 21.8 Å². The van der Waals surface area contributed by atoms with Crippen molar-refractivity contribution in [3.63, 3.8) is 0 Å². The second-order valence-electron chi connectivity index (χ2n) is 3.60. The maximum absolute atomic E-state index is 12.8. The van der Waals surface area contributed by atoms with Gasteiger partial charge in [0.1, 0.15) is 10.0 Å². The summed E-state index contributed by atoms with van der Waals surface area (Å²) in [7, 11) is 0. The minimum Gasteiger partial charge on any atom is -0.166 e. The number of aromatic nitrogens is 2. The van der Waals surface area contributed by atoms with E-state index < -0.39 is 11.7 Å². The first kappa shape index (κ1) is 13.3. The molecular weight excluding hydrogens is 285 g/mol. The number of alkyl halides is 4. The minimum atomic E-state index is -4.41. The second kappa shape index (κ2) is 4.85. The molecule has 0 radical (unpaired) electrons. The van der Waals surface area contributed by atoms with E-state index in [0.29, 0.717) is 5.01 Å². The average Bonchev–Trinajstić information content (AvgIpc) is 2.77. The Morgan fingerprint density at radius 1 is 1.22 bits per heavy atom. The number of hydrogen-bond acceptors (Lipinski definition) is 3. The van der Waals surface area contributed by atoms with Crippen molar-refractivity contribution in [2.75, 3.05) is 0 Å². The van der Waals surface area contributed by atoms with Gasteiger partial charge < -0.3 is 0 Å². The van der Waals surface area contributed by atoms with E-state index in [1.165, 1.54) is 18.2 Å². The highest BCUT2D eigenvalue weighted by Crippen LogP contribution is 2.38. The number of hydrogen-bond donors (Lipinski definition) is 0. The van der Waals surface area contributed by atoms with Crippen LogP contribution in [0.4, 0.5) is 13.2 Å². The van der Waals surface area contributed by atoms with Crippen molar-refractivity contribution >= 4 is 22.9 Å². The van der Waals surface area contributed by atoms with Gasteiger partial charge >= 0.3 is 6.18 Å². The summed E-state index contributed by atoms with van der Waals surface area (Å²) >= 11 is 6.89. The fourth-order valence-electron chi connectivity index (χ4n) is 1.42. The van der Waals surface area contributed by atoms with Gasteiger partial charge in [-0.25, -0.2) is 0 Å². The van der Waals surface area contributed by atoms with Crippen LogP contribution in [0.15, 0.2) is 24.3 Å². The van der Waals surface area contributed by atoms with Crippen molar-refractivity contribution in [1.82, 2.24) is 10.2 Å². The lowest BCUT2D eigenvalue weighted by molar-refractivity contribution is -0.137. The second-order valence-corrected chi connectivity index (χ2v) is 5.27. The topological polar surface area (TPSA) is 25.8 Å². The number of rotatable bonds is 2. The molecule has 0 N–H and O–H groups in total. The summed E-state index contributed by atoms with van der Waals surface area (Å²) < 4.78 is 38.5. The van der Waals surface area contributed by atoms with Gasteiger partial charge in [-0.1, -0.05) is 29.5 Å². The van der Waals surface area contributed by atoms with Gasteiger partial charge in [-0.05, 0) is 13.0 Å². The van der Waals surface area contributed by atoms with Gasteiger partial charge in [-0.2, -0.15) is 13.2 Å². The third kappa shape index (κ3) is 2.64. The molecule has 1 aromatic heterocycles. The van der Waals surface area contributed by atoms with Gasteiger partial charge in [0, 0.05) is 5.56 Å². The van der Waals surface area contributed by atoms with Crippen LogP contribution in [0.2, 0.25) is 0 Å². The summed E-state index contributed by atoms with van der Waals surface area (Å²) in [5.74, 6) is 0. The zero-order valence-corrected chi connectivity index (χ0v) is 10.8. The van der Waals surface area contributed by atoms with Crippen LogP contribution >= 0.6 is 22.9 Å². The van der Waals surface area contributed by atoms with E-state index >= 15 is 0 Å². The molecule has 2 nitrogen and oxygen atoms in total. The number of benzene rings is 1. The highest BCUT2D eigenvalue weighted by molar-refractivity contribution is 7.15. The van der Waals surface area contributed by atoms with Crippen LogP contribution in [-0.2, 0) is 6.18 Å². The smallest absolute Gasteiger partial charge is 0.166 e. The van der Waals surface area contributed by atoms with Crippen LogP contribution in [0, 0.1) is 0 Å². The van der Waals surface area contributed by atoms with Crippen molar-refractivity contribution in [2.45, 2.75) is 18.5 Å². The molecule has 0 spiro atoms. The van der Waals surface area contributed by atoms with E-state index in [1.54, 1.807) is 6.92 Å². The highest BCUT2D eigenvalue weighted by Gasteiger charge is 2.34. The summed E-state index contributed by atoms with van der Waals surface area (Å²) in [5, 5.41) is 7.91. The molecule has 96 valence electrons. The molecular formula is C11H8ClF3N2S. The minimum absolute atomic E-state index is 0.0334. The van der Waals surface area contributed by atoms with Crippen LogP contribution in [0.3, 0.4) is 0 Å². The van der Waals surface area contributed by atoms with E-state index in [2.05, 4.69) is 10.2 Å². The van der Waals surface area contributed by atoms with Gasteiger partial charge in [0.25, 0.3) is 0 Å². The molecule has 1 atom stereocenters. The summed E-state index contributed by atoms with van der Waals surface area (Å²) in [6.07, 6.45) is -4.41. The average molecular weight is 293 g/mol. The molecule has 0 saturated carbocycles. The summed E-state index contributed by atoms with van der Waals surface area (Å²) in [4.78, 5) is 0. The predicted molar refractivity (Wildman–Crippen MR) is 64.6 cm³/mol. The van der Waals surface area contributed by atoms with Crippen LogP contribution in [-0.4, -0.2) is 10.2 Å². The lowest BCUT2D eigenvalue weighted by atomic mass is 10.1. The lowest BCUT2D eigenvalue weighted by Gasteiger charge is -2.09. The molecule has 2 rings (SSSR count). The first-order valence-corrected chi connectivity index (χ1v) is 6.29. The van der Waals surface area contributed by atoms with E-state index in [4.69, 9.17) is 11.6 Å². The maximum atomic E-state index is 12.8. The summed E-state index contributed by atoms with van der Waals surface area (Å²) in [5.41, 5.74) is -0.680. The number of halogens is 4. The van der Waals surface area contributed by atoms with Crippen LogP contribution in [0.5, 0.6) is 0 Å². The Balaban J connectivity index is 2.50. The molecule has 7 heteroatoms. The first-order valence-electron chi connectivity index (χ1n) is 5.03. The quantitative estimate of drug-likeness (QED) is 0.760. The summed E-state index contributed by atoms with van der Waals surface area (Å²) in [6.45, 7) is 1.70. The first-order chi connectivity index (χ1) is 8.39. The van der Waals surface area contributed by atoms with Crippen LogP contribution < -0.4 is 0 Å². The van der Waals surface area contributed by atoms with Gasteiger partial charge in [0.2, 0.25) is 0 Å². The van der Waals surface area contributed by atoms with E-state index in [-0.39, 0.29) is 15.9 Å². The van der Waals surface area contributed by atoms with E-state index in [1.807, 2.05) is 0 Å². The molecule has 0 bridgehead atoms. The molecule has 0 aliphatic rings. The monoisotopic (exact) mass is 292 g/mol. The molecule has 18 heavy (non-hydrogen) atoms. The van der Waals surface area contributed by atoms with Gasteiger partial charge in [0.05, 0.1) is 10.9 Å². The van der Waals surface area contributed by atoms with Crippen molar-refractivity contribution in [3.05, 3.63) is 34.8 Å². The largest absolute Gasteiger partial charge is 0.417 e. The van der Waals surface area contributed by atoms with Crippen molar-refractivity contribution in [2.24, 2.45) is 0 Å².